The fourth-order valence-electron chi connectivity index (χ4n) is 12.3. The van der Waals surface area contributed by atoms with E-state index in [0.717, 1.165) is 103 Å². The van der Waals surface area contributed by atoms with Crippen LogP contribution < -0.4 is 5.11 Å². The summed E-state index contributed by atoms with van der Waals surface area (Å²) in [7, 11) is 5.94. The van der Waals surface area contributed by atoms with Crippen molar-refractivity contribution in [3.05, 3.63) is 134 Å². The summed E-state index contributed by atoms with van der Waals surface area (Å²) in [5.41, 5.74) is 0. The Labute approximate surface area is 637 Å². The highest BCUT2D eigenvalue weighted by molar-refractivity contribution is 5.70. The Morgan fingerprint density at radius 2 is 0.553 bits per heavy atom. The second-order valence-corrected chi connectivity index (χ2v) is 30.1. The lowest BCUT2D eigenvalue weighted by molar-refractivity contribution is -0.870. The minimum Gasteiger partial charge on any atom is -0.545 e. The van der Waals surface area contributed by atoms with Gasteiger partial charge in [-0.1, -0.05) is 392 Å². The SMILES string of the molecule is CC/C=C\C/C=C\C/C=C\C/C=C\C/C=C\C/C=C\C/C=C\C/C=C\CCCCCCCCCCCCCCC(=O)OC(COC(=O)CCCCCCCCCCCCCCCCCCCCCCCCCCCC/C=C\C/C=C\C/C=C\CCCCCCC)COC(OCC[N+](C)(C)C)C(=O)[O-]. The molecule has 0 aromatic carbocycles. The number of aliphatic carboxylic acids is 1. The van der Waals surface area contributed by atoms with Gasteiger partial charge in [-0.2, -0.15) is 0 Å². The summed E-state index contributed by atoms with van der Waals surface area (Å²) in [6.07, 6.45) is 117. The van der Waals surface area contributed by atoms with Crippen LogP contribution in [0.15, 0.2) is 134 Å². The largest absolute Gasteiger partial charge is 0.545 e. The Balaban J connectivity index is 3.99. The highest BCUT2D eigenvalue weighted by Gasteiger charge is 2.22. The van der Waals surface area contributed by atoms with Crippen LogP contribution >= 0.6 is 0 Å². The zero-order chi connectivity index (χ0) is 74.6. The molecule has 0 bridgehead atoms. The molecule has 0 rings (SSSR count). The van der Waals surface area contributed by atoms with Crippen LogP contribution in [0.2, 0.25) is 0 Å². The number of carboxylic acids is 1. The van der Waals surface area contributed by atoms with Crippen LogP contribution in [0, 0.1) is 0 Å². The number of carboxylic acid groups (broad SMARTS) is 1. The molecular weight excluding hydrogens is 1270 g/mol. The van der Waals surface area contributed by atoms with E-state index < -0.39 is 24.3 Å². The number of ether oxygens (including phenoxy) is 4. The molecule has 0 aromatic heterocycles. The molecule has 0 saturated carbocycles. The first kappa shape index (κ1) is 98.4. The first-order valence-electron chi connectivity index (χ1n) is 43.3. The lowest BCUT2D eigenvalue weighted by Gasteiger charge is -2.26. The van der Waals surface area contributed by atoms with E-state index in [1.165, 1.54) is 250 Å². The molecule has 0 spiro atoms. The van der Waals surface area contributed by atoms with E-state index in [9.17, 15) is 19.5 Å². The number of nitrogens with zero attached hydrogens (tertiary/aromatic N) is 1. The molecule has 9 heteroatoms. The highest BCUT2D eigenvalue weighted by Crippen LogP contribution is 2.19. The van der Waals surface area contributed by atoms with Gasteiger partial charge in [0.25, 0.3) is 0 Å². The zero-order valence-corrected chi connectivity index (χ0v) is 67.9. The molecule has 592 valence electrons. The number of likely N-dealkylation sites (N-methyl/N-ethyl adjacent to an activating group) is 1. The summed E-state index contributed by atoms with van der Waals surface area (Å²) >= 11 is 0. The van der Waals surface area contributed by atoms with Gasteiger partial charge in [0.2, 0.25) is 0 Å². The maximum atomic E-state index is 13.0. The van der Waals surface area contributed by atoms with Gasteiger partial charge in [0.15, 0.2) is 12.4 Å². The van der Waals surface area contributed by atoms with Gasteiger partial charge >= 0.3 is 11.9 Å². The molecule has 0 aliphatic carbocycles. The molecule has 2 unspecified atom stereocenters. The van der Waals surface area contributed by atoms with Crippen LogP contribution in [-0.4, -0.2) is 82.3 Å². The number of unbranched alkanes of at least 4 members (excludes halogenated alkanes) is 43. The predicted molar refractivity (Wildman–Crippen MR) is 444 cm³/mol. The number of allylic oxidation sites excluding steroid dienone is 22. The van der Waals surface area contributed by atoms with E-state index in [0.29, 0.717) is 23.9 Å². The number of rotatable bonds is 80. The van der Waals surface area contributed by atoms with Crippen molar-refractivity contribution < 1.29 is 42.9 Å². The van der Waals surface area contributed by atoms with Crippen molar-refractivity contribution in [3.8, 4) is 0 Å². The average molecular weight is 1440 g/mol. The van der Waals surface area contributed by atoms with Gasteiger partial charge in [-0.15, -0.1) is 0 Å². The molecule has 0 N–H and O–H groups in total. The molecule has 0 aliphatic rings. The molecule has 0 fully saturated rings. The lowest BCUT2D eigenvalue weighted by atomic mass is 10.0. The summed E-state index contributed by atoms with van der Waals surface area (Å²) < 4.78 is 22.9. The van der Waals surface area contributed by atoms with Crippen LogP contribution in [0.5, 0.6) is 0 Å². The van der Waals surface area contributed by atoms with E-state index in [1.54, 1.807) is 0 Å². The number of esters is 2. The molecule has 9 nitrogen and oxygen atoms in total. The maximum absolute atomic E-state index is 13.0. The number of quaternary nitrogens is 1. The van der Waals surface area contributed by atoms with Crippen molar-refractivity contribution in [3.63, 3.8) is 0 Å². The smallest absolute Gasteiger partial charge is 0.306 e. The number of hydrogen-bond donors (Lipinski definition) is 0. The monoisotopic (exact) mass is 1430 g/mol. The molecule has 103 heavy (non-hydrogen) atoms. The van der Waals surface area contributed by atoms with E-state index in [2.05, 4.69) is 148 Å². The van der Waals surface area contributed by atoms with Crippen LogP contribution in [0.1, 0.15) is 386 Å². The van der Waals surface area contributed by atoms with Crippen molar-refractivity contribution in [1.29, 1.82) is 0 Å². The number of carbonyl (C=O) groups is 3. The molecule has 0 amide bonds. The van der Waals surface area contributed by atoms with Crippen molar-refractivity contribution in [1.82, 2.24) is 0 Å². The standard InChI is InChI=1S/C94H163NO8/c1-6-8-10-12-14-16-18-20-22-24-26-28-30-32-34-36-38-40-42-44-45-46-47-49-50-52-54-56-58-60-62-64-66-68-70-72-74-76-78-80-82-84-91(96)101-88-90(89-102-94(93(98)99)100-87-86-95(3,4)5)103-92(97)85-83-81-79-77-75-73-71-69-67-65-63-61-59-57-55-53-51-48-43-41-39-37-35-33-31-29-27-25-23-21-19-17-15-13-11-9-7-2/h9,11,15,17-18,20-21,23-24,26-27,29-30,32-33,35,39,41,48,51,55,57,90,94H,6-8,10,12-14,16,19,22,25,28,31,34,36-38,40,42-47,49-50,52-54,56,58-89H2,1-5H3/b11-9-,17-15-,20-18-,23-21-,26-24-,29-27-,32-30-,35-33-,41-39-,51-48-,57-55-. The van der Waals surface area contributed by atoms with E-state index in [-0.39, 0.29) is 32.2 Å². The second-order valence-electron chi connectivity index (χ2n) is 30.1. The van der Waals surface area contributed by atoms with Crippen molar-refractivity contribution in [2.75, 3.05) is 47.5 Å². The molecule has 0 aliphatic heterocycles. The summed E-state index contributed by atoms with van der Waals surface area (Å²) in [5.74, 6) is -2.27. The third-order valence-electron chi connectivity index (χ3n) is 18.9. The van der Waals surface area contributed by atoms with Crippen molar-refractivity contribution >= 4 is 17.9 Å². The van der Waals surface area contributed by atoms with Gasteiger partial charge in [0.1, 0.15) is 13.2 Å². The third kappa shape index (κ3) is 84.6. The number of hydrogen-bond acceptors (Lipinski definition) is 8. The highest BCUT2D eigenvalue weighted by atomic mass is 16.7. The van der Waals surface area contributed by atoms with E-state index in [1.807, 2.05) is 21.1 Å². The Morgan fingerprint density at radius 1 is 0.301 bits per heavy atom. The zero-order valence-electron chi connectivity index (χ0n) is 67.9. The fourth-order valence-corrected chi connectivity index (χ4v) is 12.3. The fraction of sp³-hybridized carbons (Fsp3) is 0.734. The first-order valence-corrected chi connectivity index (χ1v) is 43.3. The third-order valence-corrected chi connectivity index (χ3v) is 18.9. The summed E-state index contributed by atoms with van der Waals surface area (Å²) in [5, 5.41) is 11.9. The van der Waals surface area contributed by atoms with Gasteiger partial charge in [-0.25, -0.2) is 0 Å². The van der Waals surface area contributed by atoms with Gasteiger partial charge in [0.05, 0.1) is 40.3 Å². The van der Waals surface area contributed by atoms with Gasteiger partial charge in [-0.05, 0) is 116 Å². The molecule has 2 atom stereocenters. The quantitative estimate of drug-likeness (QED) is 0.0195. The van der Waals surface area contributed by atoms with Gasteiger partial charge < -0.3 is 33.3 Å². The van der Waals surface area contributed by atoms with Crippen LogP contribution in [0.3, 0.4) is 0 Å². The Hall–Kier alpha value is -4.57. The van der Waals surface area contributed by atoms with E-state index >= 15 is 0 Å². The van der Waals surface area contributed by atoms with Crippen LogP contribution in [0.25, 0.3) is 0 Å². The van der Waals surface area contributed by atoms with Gasteiger partial charge in [0, 0.05) is 12.8 Å². The van der Waals surface area contributed by atoms with Crippen molar-refractivity contribution in [2.45, 2.75) is 399 Å². The molecule has 0 aromatic rings. The molecule has 0 heterocycles. The van der Waals surface area contributed by atoms with Crippen molar-refractivity contribution in [2.24, 2.45) is 0 Å². The summed E-state index contributed by atoms with van der Waals surface area (Å²) in [6.45, 7) is 4.66. The van der Waals surface area contributed by atoms with Crippen LogP contribution in [0.4, 0.5) is 0 Å². The topological polar surface area (TPSA) is 111 Å². The molecule has 0 radical (unpaired) electrons. The maximum Gasteiger partial charge on any atom is 0.306 e. The van der Waals surface area contributed by atoms with Crippen LogP contribution in [-0.2, 0) is 33.3 Å². The first-order chi connectivity index (χ1) is 50.6. The molecular formula is C94H163NO8. The average Bonchev–Trinajstić information content (AvgIpc) is 1.16. The number of carbonyl (C=O) groups excluding carboxylic acids is 3. The molecule has 0 saturated heterocycles. The summed E-state index contributed by atoms with van der Waals surface area (Å²) in [4.78, 5) is 37.7. The summed E-state index contributed by atoms with van der Waals surface area (Å²) in [6, 6.07) is 0. The van der Waals surface area contributed by atoms with Gasteiger partial charge in [-0.3, -0.25) is 9.59 Å². The Bertz CT molecular complexity index is 2170. The second kappa shape index (κ2) is 83.1. The minimum absolute atomic E-state index is 0.144. The Morgan fingerprint density at radius 3 is 0.825 bits per heavy atom. The lowest BCUT2D eigenvalue weighted by Crippen LogP contribution is -2.44. The predicted octanol–water partition coefficient (Wildman–Crippen LogP) is 27.0. The normalized spacial score (nSPS) is 13.3. The minimum atomic E-state index is -1.63. The van der Waals surface area contributed by atoms with E-state index in [4.69, 9.17) is 18.9 Å². The Kier molecular flexibility index (Phi) is 79.4.